The summed E-state index contributed by atoms with van der Waals surface area (Å²) in [5.41, 5.74) is -0.431. The van der Waals surface area contributed by atoms with Crippen molar-refractivity contribution in [2.45, 2.75) is 14.1 Å². The molecule has 0 aromatic heterocycles. The van der Waals surface area contributed by atoms with Gasteiger partial charge in [0.25, 0.3) is 5.69 Å². The molecular formula is C24H12Cl6N2O7. The highest BCUT2D eigenvalue weighted by molar-refractivity contribution is 6.67. The van der Waals surface area contributed by atoms with Crippen molar-refractivity contribution in [2.24, 2.45) is 11.8 Å². The number of carbonyl (C=O) groups is 4. The molecule has 3 aliphatic rings. The first-order valence-corrected chi connectivity index (χ1v) is 13.2. The van der Waals surface area contributed by atoms with E-state index in [4.69, 9.17) is 74.3 Å². The zero-order chi connectivity index (χ0) is 28.7. The molecule has 1 saturated heterocycles. The van der Waals surface area contributed by atoms with Crippen molar-refractivity contribution in [3.8, 4) is 0 Å². The molecule has 2 fully saturated rings. The number of ketones is 1. The molecule has 2 aromatic rings. The zero-order valence-corrected chi connectivity index (χ0v) is 23.5. The van der Waals surface area contributed by atoms with E-state index in [1.165, 1.54) is 42.5 Å². The van der Waals surface area contributed by atoms with Gasteiger partial charge < -0.3 is 4.74 Å². The second kappa shape index (κ2) is 9.33. The monoisotopic (exact) mass is 650 g/mol. The van der Waals surface area contributed by atoms with Crippen LogP contribution in [0.3, 0.4) is 0 Å². The maximum Gasteiger partial charge on any atom is 0.338 e. The Morgan fingerprint density at radius 1 is 0.897 bits per heavy atom. The summed E-state index contributed by atoms with van der Waals surface area (Å²) >= 11 is 38.9. The molecule has 2 aliphatic carbocycles. The molecule has 4 atom stereocenters. The minimum absolute atomic E-state index is 0.0132. The molecule has 15 heteroatoms. The Balaban J connectivity index is 1.38. The number of nitrogens with zero attached hydrogens (tertiary/aromatic N) is 2. The second-order valence-corrected chi connectivity index (χ2v) is 12.2. The highest BCUT2D eigenvalue weighted by atomic mass is 35.5. The summed E-state index contributed by atoms with van der Waals surface area (Å²) in [6, 6.07) is 10.2. The van der Waals surface area contributed by atoms with Gasteiger partial charge in [-0.3, -0.25) is 24.5 Å². The number of alkyl halides is 4. The first-order valence-electron chi connectivity index (χ1n) is 10.9. The van der Waals surface area contributed by atoms with Crippen molar-refractivity contribution >= 4 is 105 Å². The van der Waals surface area contributed by atoms with E-state index in [0.29, 0.717) is 0 Å². The van der Waals surface area contributed by atoms with Crippen LogP contribution in [-0.2, 0) is 14.3 Å². The Bertz CT molecular complexity index is 1500. The normalized spacial score (nSPS) is 28.6. The van der Waals surface area contributed by atoms with Crippen molar-refractivity contribution < 1.29 is 28.8 Å². The number of halogens is 6. The standard InChI is InChI=1S/C24H12Cl6N2O7/c25-17-18(26)23(28)16-15(22(17,27)24(23,29)30)19(34)31(20(16)35)12-5-2-4-11(8-12)21(36)39-9-14(33)10-3-1-6-13(7-10)32(37)38/h1-8,15-16H,9H2/t15-,16-,22-,23-/m0/s1. The molecule has 202 valence electrons. The number of esters is 1. The Labute approximate surface area is 249 Å². The lowest BCUT2D eigenvalue weighted by atomic mass is 9.84. The number of Topliss-reactive ketones (excluding diaryl/α,β-unsaturated/α-hetero) is 1. The molecule has 0 radical (unpaired) electrons. The number of anilines is 1. The first kappa shape index (κ1) is 28.1. The van der Waals surface area contributed by atoms with Gasteiger partial charge in [0.1, 0.15) is 9.75 Å². The van der Waals surface area contributed by atoms with Crippen LogP contribution in [0, 0.1) is 22.0 Å². The molecule has 1 heterocycles. The summed E-state index contributed by atoms with van der Waals surface area (Å²) in [5.74, 6) is -5.94. The lowest BCUT2D eigenvalue weighted by Crippen LogP contribution is -2.50. The third-order valence-corrected chi connectivity index (χ3v) is 11.2. The minimum Gasteiger partial charge on any atom is -0.454 e. The van der Waals surface area contributed by atoms with Crippen LogP contribution >= 0.6 is 69.6 Å². The van der Waals surface area contributed by atoms with Crippen molar-refractivity contribution in [1.82, 2.24) is 0 Å². The van der Waals surface area contributed by atoms with Gasteiger partial charge in [0.05, 0.1) is 38.1 Å². The van der Waals surface area contributed by atoms with E-state index in [-0.39, 0.29) is 32.6 Å². The third kappa shape index (κ3) is 3.67. The van der Waals surface area contributed by atoms with Gasteiger partial charge in [0.15, 0.2) is 10.9 Å². The van der Waals surface area contributed by atoms with Crippen LogP contribution < -0.4 is 4.90 Å². The van der Waals surface area contributed by atoms with Gasteiger partial charge in [0.2, 0.25) is 17.6 Å². The summed E-state index contributed by atoms with van der Waals surface area (Å²) in [4.78, 5) is 59.2. The maximum absolute atomic E-state index is 13.5. The average molecular weight is 653 g/mol. The lowest BCUT2D eigenvalue weighted by Gasteiger charge is -2.34. The van der Waals surface area contributed by atoms with E-state index in [0.717, 1.165) is 11.0 Å². The predicted octanol–water partition coefficient (Wildman–Crippen LogP) is 5.59. The van der Waals surface area contributed by atoms with Gasteiger partial charge in [-0.05, 0) is 18.2 Å². The van der Waals surface area contributed by atoms with E-state index in [2.05, 4.69) is 0 Å². The number of nitro benzene ring substituents is 1. The van der Waals surface area contributed by atoms with Gasteiger partial charge in [0, 0.05) is 17.7 Å². The number of imide groups is 1. The molecule has 1 saturated carbocycles. The fourth-order valence-electron chi connectivity index (χ4n) is 5.11. The van der Waals surface area contributed by atoms with Crippen LogP contribution in [0.5, 0.6) is 0 Å². The van der Waals surface area contributed by atoms with E-state index in [9.17, 15) is 29.3 Å². The molecule has 2 amide bonds. The van der Waals surface area contributed by atoms with Gasteiger partial charge in [-0.15, -0.1) is 23.2 Å². The Morgan fingerprint density at radius 2 is 1.44 bits per heavy atom. The number of allylic oxidation sites excluding steroid dienone is 2. The van der Waals surface area contributed by atoms with Crippen molar-refractivity contribution in [1.29, 1.82) is 0 Å². The number of hydrogen-bond donors (Lipinski definition) is 0. The predicted molar refractivity (Wildman–Crippen MR) is 144 cm³/mol. The molecule has 2 bridgehead atoms. The highest BCUT2D eigenvalue weighted by Gasteiger charge is 2.87. The van der Waals surface area contributed by atoms with E-state index >= 15 is 0 Å². The number of carbonyl (C=O) groups excluding carboxylic acids is 4. The van der Waals surface area contributed by atoms with Crippen molar-refractivity contribution in [3.05, 3.63) is 79.8 Å². The van der Waals surface area contributed by atoms with E-state index in [1.807, 2.05) is 0 Å². The van der Waals surface area contributed by atoms with Crippen LogP contribution in [0.4, 0.5) is 11.4 Å². The Morgan fingerprint density at radius 3 is 2.00 bits per heavy atom. The van der Waals surface area contributed by atoms with Crippen molar-refractivity contribution in [3.63, 3.8) is 0 Å². The zero-order valence-electron chi connectivity index (χ0n) is 19.0. The molecule has 0 spiro atoms. The van der Waals surface area contributed by atoms with Gasteiger partial charge in [-0.1, -0.05) is 64.6 Å². The fourth-order valence-corrected chi connectivity index (χ4v) is 8.04. The summed E-state index contributed by atoms with van der Waals surface area (Å²) in [6.07, 6.45) is 0. The Hall–Kier alpha value is -2.40. The quantitative estimate of drug-likeness (QED) is 0.0996. The lowest BCUT2D eigenvalue weighted by molar-refractivity contribution is -0.384. The minimum atomic E-state index is -2.08. The molecule has 2 aromatic carbocycles. The van der Waals surface area contributed by atoms with Gasteiger partial charge in [-0.2, -0.15) is 0 Å². The van der Waals surface area contributed by atoms with Crippen LogP contribution in [-0.4, -0.2) is 49.2 Å². The van der Waals surface area contributed by atoms with Crippen LogP contribution in [0.1, 0.15) is 20.7 Å². The summed E-state index contributed by atoms with van der Waals surface area (Å²) in [5, 5.41) is 10.5. The fraction of sp³-hybridized carbons (Fsp3) is 0.250. The second-order valence-electron chi connectivity index (χ2n) is 8.95. The summed E-state index contributed by atoms with van der Waals surface area (Å²) in [6.45, 7) is -0.713. The number of fused-ring (bicyclic) bond motifs is 5. The maximum atomic E-state index is 13.5. The van der Waals surface area contributed by atoms with Crippen LogP contribution in [0.2, 0.25) is 0 Å². The SMILES string of the molecule is O=C(COC(=O)c1cccc(N2C(=O)[C@@H]3[C@@H](C2=O)[C@]2(Cl)C(Cl)=C(Cl)[C@]3(Cl)C2(Cl)Cl)c1)c1cccc([N+](=O)[O-])c1. The Kier molecular flexibility index (Phi) is 6.73. The van der Waals surface area contributed by atoms with E-state index in [1.54, 1.807) is 0 Å². The number of nitro groups is 1. The average Bonchev–Trinajstić information content (AvgIpc) is 3.30. The van der Waals surface area contributed by atoms with Gasteiger partial charge in [-0.25, -0.2) is 9.69 Å². The number of benzene rings is 2. The van der Waals surface area contributed by atoms with Crippen LogP contribution in [0.15, 0.2) is 58.6 Å². The molecule has 39 heavy (non-hydrogen) atoms. The highest BCUT2D eigenvalue weighted by Crippen LogP contribution is 2.77. The molecule has 5 rings (SSSR count). The smallest absolute Gasteiger partial charge is 0.338 e. The third-order valence-electron chi connectivity index (χ3n) is 6.96. The van der Waals surface area contributed by atoms with Crippen molar-refractivity contribution in [2.75, 3.05) is 11.5 Å². The summed E-state index contributed by atoms with van der Waals surface area (Å²) < 4.78 is 2.97. The number of rotatable bonds is 6. The van der Waals surface area contributed by atoms with E-state index < -0.39 is 61.0 Å². The van der Waals surface area contributed by atoms with Gasteiger partial charge >= 0.3 is 5.97 Å². The largest absolute Gasteiger partial charge is 0.454 e. The topological polar surface area (TPSA) is 124 Å². The number of ether oxygens (including phenoxy) is 1. The number of non-ortho nitro benzene ring substituents is 1. The molecule has 1 aliphatic heterocycles. The summed E-state index contributed by atoms with van der Waals surface area (Å²) in [7, 11) is 0. The molecule has 0 N–H and O–H groups in total. The molecular weight excluding hydrogens is 641 g/mol. The van der Waals surface area contributed by atoms with Crippen LogP contribution in [0.25, 0.3) is 0 Å². The number of hydrogen-bond acceptors (Lipinski definition) is 7. The number of amides is 2. The first-order chi connectivity index (χ1) is 18.2. The molecule has 0 unspecified atom stereocenters. The molecule has 9 nitrogen and oxygen atoms in total.